The SMILES string of the molecule is CN(C)C(=O)C1CCCN1C(=O)c1cccc(OCc2cscn2)c1. The van der Waals surface area contributed by atoms with Gasteiger partial charge in [0, 0.05) is 31.6 Å². The van der Waals surface area contributed by atoms with Crippen molar-refractivity contribution < 1.29 is 14.3 Å². The molecule has 2 aromatic rings. The molecular weight excluding hydrogens is 338 g/mol. The Balaban J connectivity index is 1.71. The highest BCUT2D eigenvalue weighted by Crippen LogP contribution is 2.23. The van der Waals surface area contributed by atoms with E-state index >= 15 is 0 Å². The highest BCUT2D eigenvalue weighted by atomic mass is 32.1. The lowest BCUT2D eigenvalue weighted by Gasteiger charge is -2.26. The summed E-state index contributed by atoms with van der Waals surface area (Å²) in [5.41, 5.74) is 3.15. The molecule has 1 saturated heterocycles. The van der Waals surface area contributed by atoms with E-state index in [0.717, 1.165) is 12.1 Å². The lowest BCUT2D eigenvalue weighted by molar-refractivity contribution is -0.132. The first kappa shape index (κ1) is 17.4. The fraction of sp³-hybridized carbons (Fsp3) is 0.389. The second kappa shape index (κ2) is 7.65. The van der Waals surface area contributed by atoms with Crippen LogP contribution in [0.25, 0.3) is 0 Å². The Morgan fingerprint density at radius 2 is 2.24 bits per heavy atom. The summed E-state index contributed by atoms with van der Waals surface area (Å²) < 4.78 is 5.71. The Hall–Kier alpha value is -2.41. The quantitative estimate of drug-likeness (QED) is 0.822. The lowest BCUT2D eigenvalue weighted by Crippen LogP contribution is -2.45. The van der Waals surface area contributed by atoms with E-state index in [1.165, 1.54) is 11.3 Å². The van der Waals surface area contributed by atoms with Crippen LogP contribution in [0.2, 0.25) is 0 Å². The molecule has 1 unspecified atom stereocenters. The third-order valence-electron chi connectivity index (χ3n) is 4.19. The normalized spacial score (nSPS) is 16.7. The maximum Gasteiger partial charge on any atom is 0.254 e. The summed E-state index contributed by atoms with van der Waals surface area (Å²) >= 11 is 1.52. The molecule has 0 radical (unpaired) electrons. The van der Waals surface area contributed by atoms with Crippen LogP contribution in [0.15, 0.2) is 35.2 Å². The average molecular weight is 359 g/mol. The van der Waals surface area contributed by atoms with Crippen LogP contribution in [0.3, 0.4) is 0 Å². The zero-order valence-corrected chi connectivity index (χ0v) is 15.2. The Morgan fingerprint density at radius 3 is 2.96 bits per heavy atom. The first-order valence-electron chi connectivity index (χ1n) is 8.18. The Kier molecular flexibility index (Phi) is 5.33. The summed E-state index contributed by atoms with van der Waals surface area (Å²) in [5, 5.41) is 1.93. The first-order valence-corrected chi connectivity index (χ1v) is 9.12. The molecule has 3 rings (SSSR count). The van der Waals surface area contributed by atoms with Crippen molar-refractivity contribution in [3.8, 4) is 5.75 Å². The number of hydrogen-bond donors (Lipinski definition) is 0. The topological polar surface area (TPSA) is 62.7 Å². The summed E-state index contributed by atoms with van der Waals surface area (Å²) in [6.07, 6.45) is 1.55. The van der Waals surface area contributed by atoms with Crippen molar-refractivity contribution in [2.45, 2.75) is 25.5 Å². The number of ether oxygens (including phenoxy) is 1. The van der Waals surface area contributed by atoms with Crippen molar-refractivity contribution in [3.05, 3.63) is 46.4 Å². The number of benzene rings is 1. The molecule has 6 nitrogen and oxygen atoms in total. The maximum atomic E-state index is 12.9. The predicted molar refractivity (Wildman–Crippen MR) is 95.6 cm³/mol. The third-order valence-corrected chi connectivity index (χ3v) is 4.83. The van der Waals surface area contributed by atoms with E-state index in [9.17, 15) is 9.59 Å². The summed E-state index contributed by atoms with van der Waals surface area (Å²) in [4.78, 5) is 32.5. The number of likely N-dealkylation sites (N-methyl/N-ethyl adjacent to an activating group) is 1. The Bertz CT molecular complexity index is 746. The van der Waals surface area contributed by atoms with Crippen molar-refractivity contribution in [2.24, 2.45) is 0 Å². The Labute approximate surface area is 151 Å². The van der Waals surface area contributed by atoms with Crippen molar-refractivity contribution in [1.29, 1.82) is 0 Å². The number of thiazole rings is 1. The smallest absolute Gasteiger partial charge is 0.254 e. The van der Waals surface area contributed by atoms with Crippen LogP contribution in [0.1, 0.15) is 28.9 Å². The average Bonchev–Trinajstić information content (AvgIpc) is 3.30. The number of nitrogens with zero attached hydrogens (tertiary/aromatic N) is 3. The molecule has 1 aromatic carbocycles. The zero-order valence-electron chi connectivity index (χ0n) is 14.3. The minimum atomic E-state index is -0.373. The van der Waals surface area contributed by atoms with Gasteiger partial charge in [-0.3, -0.25) is 9.59 Å². The molecular formula is C18H21N3O3S. The van der Waals surface area contributed by atoms with Gasteiger partial charge in [-0.25, -0.2) is 4.98 Å². The minimum absolute atomic E-state index is 0.0261. The number of aromatic nitrogens is 1. The van der Waals surface area contributed by atoms with Gasteiger partial charge in [-0.2, -0.15) is 0 Å². The van der Waals surface area contributed by atoms with Crippen LogP contribution in [0.4, 0.5) is 0 Å². The molecule has 1 aliphatic heterocycles. The van der Waals surface area contributed by atoms with Gasteiger partial charge in [0.15, 0.2) is 0 Å². The van der Waals surface area contributed by atoms with Crippen LogP contribution in [0.5, 0.6) is 5.75 Å². The van der Waals surface area contributed by atoms with Crippen molar-refractivity contribution >= 4 is 23.2 Å². The molecule has 0 aliphatic carbocycles. The molecule has 1 aromatic heterocycles. The molecule has 0 saturated carbocycles. The van der Waals surface area contributed by atoms with Gasteiger partial charge in [-0.15, -0.1) is 11.3 Å². The van der Waals surface area contributed by atoms with E-state index in [1.807, 2.05) is 11.4 Å². The largest absolute Gasteiger partial charge is 0.487 e. The van der Waals surface area contributed by atoms with E-state index in [2.05, 4.69) is 4.98 Å². The number of amides is 2. The van der Waals surface area contributed by atoms with Crippen LogP contribution < -0.4 is 4.74 Å². The molecule has 25 heavy (non-hydrogen) atoms. The number of rotatable bonds is 5. The molecule has 0 spiro atoms. The fourth-order valence-electron chi connectivity index (χ4n) is 2.92. The zero-order chi connectivity index (χ0) is 17.8. The number of hydrogen-bond acceptors (Lipinski definition) is 5. The van der Waals surface area contributed by atoms with Gasteiger partial charge < -0.3 is 14.5 Å². The lowest BCUT2D eigenvalue weighted by atomic mass is 10.1. The monoisotopic (exact) mass is 359 g/mol. The predicted octanol–water partition coefficient (Wildman–Crippen LogP) is 2.41. The van der Waals surface area contributed by atoms with Crippen molar-refractivity contribution in [2.75, 3.05) is 20.6 Å². The van der Waals surface area contributed by atoms with Crippen LogP contribution >= 0.6 is 11.3 Å². The van der Waals surface area contributed by atoms with Crippen molar-refractivity contribution in [1.82, 2.24) is 14.8 Å². The second-order valence-electron chi connectivity index (χ2n) is 6.19. The maximum absolute atomic E-state index is 12.9. The second-order valence-corrected chi connectivity index (χ2v) is 6.90. The van der Waals surface area contributed by atoms with E-state index in [0.29, 0.717) is 30.9 Å². The van der Waals surface area contributed by atoms with E-state index in [1.54, 1.807) is 47.6 Å². The third kappa shape index (κ3) is 3.99. The number of likely N-dealkylation sites (tertiary alicyclic amines) is 1. The summed E-state index contributed by atoms with van der Waals surface area (Å²) in [7, 11) is 3.44. The number of carbonyl (C=O) groups excluding carboxylic acids is 2. The standard InChI is InChI=1S/C18H21N3O3S/c1-20(2)18(23)16-7-4-8-21(16)17(22)13-5-3-6-15(9-13)24-10-14-11-25-12-19-14/h3,5-6,9,11-12,16H,4,7-8,10H2,1-2H3. The van der Waals surface area contributed by atoms with Crippen LogP contribution in [0, 0.1) is 0 Å². The minimum Gasteiger partial charge on any atom is -0.487 e. The van der Waals surface area contributed by atoms with E-state index in [-0.39, 0.29) is 17.9 Å². The number of carbonyl (C=O) groups is 2. The van der Waals surface area contributed by atoms with Gasteiger partial charge in [0.2, 0.25) is 5.91 Å². The van der Waals surface area contributed by atoms with E-state index in [4.69, 9.17) is 4.74 Å². The van der Waals surface area contributed by atoms with Gasteiger partial charge in [-0.1, -0.05) is 6.07 Å². The molecule has 1 atom stereocenters. The highest BCUT2D eigenvalue weighted by Gasteiger charge is 2.35. The van der Waals surface area contributed by atoms with Crippen molar-refractivity contribution in [3.63, 3.8) is 0 Å². The van der Waals surface area contributed by atoms with Gasteiger partial charge in [0.25, 0.3) is 5.91 Å². The molecule has 2 amide bonds. The van der Waals surface area contributed by atoms with Crippen LogP contribution in [-0.2, 0) is 11.4 Å². The van der Waals surface area contributed by atoms with Gasteiger partial charge in [-0.05, 0) is 31.0 Å². The molecule has 0 N–H and O–H groups in total. The first-order chi connectivity index (χ1) is 12.1. The summed E-state index contributed by atoms with van der Waals surface area (Å²) in [5.74, 6) is 0.465. The summed E-state index contributed by atoms with van der Waals surface area (Å²) in [6.45, 7) is 0.972. The molecule has 7 heteroatoms. The van der Waals surface area contributed by atoms with Gasteiger partial charge in [0.05, 0.1) is 11.2 Å². The molecule has 1 aliphatic rings. The molecule has 132 valence electrons. The van der Waals surface area contributed by atoms with Gasteiger partial charge >= 0.3 is 0 Å². The Morgan fingerprint density at radius 1 is 1.40 bits per heavy atom. The van der Waals surface area contributed by atoms with E-state index < -0.39 is 0 Å². The van der Waals surface area contributed by atoms with Crippen LogP contribution in [-0.4, -0.2) is 53.3 Å². The summed E-state index contributed by atoms with van der Waals surface area (Å²) in [6, 6.07) is 6.72. The highest BCUT2D eigenvalue weighted by molar-refractivity contribution is 7.07. The fourth-order valence-corrected chi connectivity index (χ4v) is 3.46. The molecule has 1 fully saturated rings. The molecule has 0 bridgehead atoms. The molecule has 2 heterocycles. The van der Waals surface area contributed by atoms with Gasteiger partial charge in [0.1, 0.15) is 18.4 Å².